The van der Waals surface area contributed by atoms with Gasteiger partial charge in [0.25, 0.3) is 12.6 Å². The van der Waals surface area contributed by atoms with Crippen LogP contribution in [0.5, 0.6) is 0 Å². The van der Waals surface area contributed by atoms with E-state index in [9.17, 15) is 19.5 Å². The average molecular weight is 537 g/mol. The van der Waals surface area contributed by atoms with Gasteiger partial charge in [-0.2, -0.15) is 4.57 Å². The molecule has 4 rings (SSSR count). The van der Waals surface area contributed by atoms with Crippen molar-refractivity contribution < 1.29 is 41.2 Å². The molecule has 9 nitrogen and oxygen atoms in total. The SMILES string of the molecule is C[C@@H](Cc1ccccc1)NC(=O)OC[n+]1ccc(C(=O)N[C@@H](Cc2c[nH]c3ccccc23)C(=O)O)cc1.[Cl-]. The van der Waals surface area contributed by atoms with E-state index in [0.717, 1.165) is 22.0 Å². The summed E-state index contributed by atoms with van der Waals surface area (Å²) >= 11 is 0. The highest BCUT2D eigenvalue weighted by atomic mass is 35.5. The molecule has 2 aromatic carbocycles. The number of nitrogens with one attached hydrogen (secondary N) is 3. The van der Waals surface area contributed by atoms with Gasteiger partial charge in [-0.1, -0.05) is 48.5 Å². The van der Waals surface area contributed by atoms with E-state index in [1.54, 1.807) is 35.3 Å². The third-order valence-corrected chi connectivity index (χ3v) is 5.95. The van der Waals surface area contributed by atoms with Gasteiger partial charge in [0.15, 0.2) is 12.4 Å². The van der Waals surface area contributed by atoms with Crippen molar-refractivity contribution in [3.8, 4) is 0 Å². The minimum atomic E-state index is -1.12. The Hall–Kier alpha value is -4.37. The van der Waals surface area contributed by atoms with Crippen molar-refractivity contribution >= 4 is 28.9 Å². The topological polar surface area (TPSA) is 124 Å². The van der Waals surface area contributed by atoms with Crippen LogP contribution in [-0.4, -0.2) is 40.1 Å². The zero-order valence-electron chi connectivity index (χ0n) is 20.8. The lowest BCUT2D eigenvalue weighted by Crippen LogP contribution is -3.00. The van der Waals surface area contributed by atoms with Gasteiger partial charge in [0.1, 0.15) is 6.04 Å². The van der Waals surface area contributed by atoms with Crippen LogP contribution in [0.1, 0.15) is 28.4 Å². The number of benzene rings is 2. The minimum Gasteiger partial charge on any atom is -1.00 e. The molecular weight excluding hydrogens is 508 g/mol. The summed E-state index contributed by atoms with van der Waals surface area (Å²) in [5.41, 5.74) is 3.12. The monoisotopic (exact) mass is 536 g/mol. The number of hydrogen-bond donors (Lipinski definition) is 4. The van der Waals surface area contributed by atoms with Crippen molar-refractivity contribution in [2.45, 2.75) is 38.6 Å². The van der Waals surface area contributed by atoms with Crippen LogP contribution in [-0.2, 0) is 29.1 Å². The van der Waals surface area contributed by atoms with Gasteiger partial charge in [-0.15, -0.1) is 0 Å². The number of carboxylic acids is 1. The van der Waals surface area contributed by atoms with E-state index < -0.39 is 24.0 Å². The molecule has 0 aliphatic carbocycles. The van der Waals surface area contributed by atoms with Gasteiger partial charge in [-0.25, -0.2) is 9.59 Å². The first-order valence-corrected chi connectivity index (χ1v) is 11.9. The second kappa shape index (κ2) is 13.3. The zero-order chi connectivity index (χ0) is 26.2. The number of amides is 2. The molecule has 10 heteroatoms. The van der Waals surface area contributed by atoms with Crippen molar-refractivity contribution in [1.29, 1.82) is 0 Å². The third kappa shape index (κ3) is 7.57. The molecule has 2 atom stereocenters. The number of para-hydroxylation sites is 1. The smallest absolute Gasteiger partial charge is 0.412 e. The number of halogens is 1. The number of carboxylic acid groups (broad SMARTS) is 1. The van der Waals surface area contributed by atoms with Gasteiger partial charge < -0.3 is 37.9 Å². The second-order valence-corrected chi connectivity index (χ2v) is 8.82. The number of fused-ring (bicyclic) bond motifs is 1. The number of H-pyrrole nitrogens is 1. The summed E-state index contributed by atoms with van der Waals surface area (Å²) in [4.78, 5) is 39.8. The predicted molar refractivity (Wildman–Crippen MR) is 137 cm³/mol. The molecule has 0 fully saturated rings. The average Bonchev–Trinajstić information content (AvgIpc) is 3.30. The van der Waals surface area contributed by atoms with Crippen LogP contribution in [0.2, 0.25) is 0 Å². The zero-order valence-corrected chi connectivity index (χ0v) is 21.5. The quantitative estimate of drug-likeness (QED) is 0.216. The molecule has 0 radical (unpaired) electrons. The summed E-state index contributed by atoms with van der Waals surface area (Å²) in [7, 11) is 0. The molecule has 2 amide bonds. The third-order valence-electron chi connectivity index (χ3n) is 5.95. The second-order valence-electron chi connectivity index (χ2n) is 8.82. The molecule has 0 bridgehead atoms. The van der Waals surface area contributed by atoms with Gasteiger partial charge in [-0.05, 0) is 30.5 Å². The van der Waals surface area contributed by atoms with Gasteiger partial charge in [0, 0.05) is 41.7 Å². The Balaban J connectivity index is 0.00000400. The summed E-state index contributed by atoms with van der Waals surface area (Å²) in [6.45, 7) is 1.86. The lowest BCUT2D eigenvalue weighted by molar-refractivity contribution is -0.727. The normalized spacial score (nSPS) is 12.1. The number of aromatic amines is 1. The number of rotatable bonds is 10. The lowest BCUT2D eigenvalue weighted by Gasteiger charge is -2.14. The van der Waals surface area contributed by atoms with E-state index >= 15 is 0 Å². The number of ether oxygens (including phenoxy) is 1. The van der Waals surface area contributed by atoms with Crippen molar-refractivity contribution in [1.82, 2.24) is 15.6 Å². The Labute approximate surface area is 226 Å². The van der Waals surface area contributed by atoms with Crippen LogP contribution >= 0.6 is 0 Å². The van der Waals surface area contributed by atoms with Crippen molar-refractivity contribution in [3.05, 3.63) is 102 Å². The lowest BCUT2D eigenvalue weighted by atomic mass is 10.0. The fraction of sp³-hybridized carbons (Fsp3) is 0.214. The van der Waals surface area contributed by atoms with Crippen molar-refractivity contribution in [3.63, 3.8) is 0 Å². The van der Waals surface area contributed by atoms with E-state index in [0.29, 0.717) is 12.0 Å². The molecule has 38 heavy (non-hydrogen) atoms. The number of carbonyl (C=O) groups is 3. The maximum Gasteiger partial charge on any atom is 0.412 e. The first-order chi connectivity index (χ1) is 17.9. The Morgan fingerprint density at radius 1 is 0.947 bits per heavy atom. The number of pyridine rings is 1. The number of aliphatic carboxylic acids is 1. The van der Waals surface area contributed by atoms with Crippen LogP contribution in [0.25, 0.3) is 10.9 Å². The molecule has 0 spiro atoms. The predicted octanol–water partition coefficient (Wildman–Crippen LogP) is 0.200. The van der Waals surface area contributed by atoms with Gasteiger partial charge >= 0.3 is 12.1 Å². The molecule has 2 heterocycles. The van der Waals surface area contributed by atoms with E-state index in [2.05, 4.69) is 15.6 Å². The minimum absolute atomic E-state index is 0. The number of hydrogen-bond acceptors (Lipinski definition) is 4. The number of alkyl carbamates (subject to hydrolysis) is 1. The summed E-state index contributed by atoms with van der Waals surface area (Å²) in [6.07, 6.45) is 5.22. The largest absolute Gasteiger partial charge is 1.00 e. The summed E-state index contributed by atoms with van der Waals surface area (Å²) < 4.78 is 6.85. The first-order valence-electron chi connectivity index (χ1n) is 11.9. The molecule has 0 unspecified atom stereocenters. The number of aromatic nitrogens is 2. The molecule has 198 valence electrons. The van der Waals surface area contributed by atoms with Gasteiger partial charge in [0.2, 0.25) is 0 Å². The van der Waals surface area contributed by atoms with Crippen LogP contribution in [0, 0.1) is 0 Å². The van der Waals surface area contributed by atoms with Crippen LogP contribution in [0.3, 0.4) is 0 Å². The van der Waals surface area contributed by atoms with E-state index in [1.807, 2.05) is 61.5 Å². The number of carbonyl (C=O) groups excluding carboxylic acids is 2. The molecule has 0 saturated carbocycles. The van der Waals surface area contributed by atoms with E-state index in [-0.39, 0.29) is 31.6 Å². The molecular formula is C28H29ClN4O5. The highest BCUT2D eigenvalue weighted by Gasteiger charge is 2.23. The highest BCUT2D eigenvalue weighted by molar-refractivity contribution is 5.96. The first kappa shape index (κ1) is 28.2. The molecule has 4 N–H and O–H groups in total. The summed E-state index contributed by atoms with van der Waals surface area (Å²) in [5.74, 6) is -1.63. The van der Waals surface area contributed by atoms with Crippen molar-refractivity contribution in [2.75, 3.05) is 0 Å². The summed E-state index contributed by atoms with van der Waals surface area (Å²) in [5, 5.41) is 16.0. The Morgan fingerprint density at radius 2 is 1.63 bits per heavy atom. The maximum absolute atomic E-state index is 12.7. The summed E-state index contributed by atoms with van der Waals surface area (Å²) in [6, 6.07) is 19.3. The maximum atomic E-state index is 12.7. The fourth-order valence-electron chi connectivity index (χ4n) is 4.05. The van der Waals surface area contributed by atoms with Crippen molar-refractivity contribution in [2.24, 2.45) is 0 Å². The highest BCUT2D eigenvalue weighted by Crippen LogP contribution is 2.19. The van der Waals surface area contributed by atoms with Crippen LogP contribution in [0.4, 0.5) is 4.79 Å². The van der Waals surface area contributed by atoms with Gasteiger partial charge in [0.05, 0.1) is 5.56 Å². The molecule has 0 aliphatic heterocycles. The molecule has 2 aromatic heterocycles. The molecule has 4 aromatic rings. The molecule has 0 aliphatic rings. The Morgan fingerprint density at radius 3 is 2.34 bits per heavy atom. The molecule has 0 saturated heterocycles. The van der Waals surface area contributed by atoms with Crippen LogP contribution in [0.15, 0.2) is 85.3 Å². The fourth-order valence-corrected chi connectivity index (χ4v) is 4.05. The Bertz CT molecular complexity index is 1380. The van der Waals surface area contributed by atoms with Crippen LogP contribution < -0.4 is 27.6 Å². The number of nitrogens with zero attached hydrogens (tertiary/aromatic N) is 1. The standard InChI is InChI=1S/C28H28N4O5.ClH/c1-19(15-20-7-3-2-4-8-20)30-28(36)37-18-32-13-11-21(12-14-32)26(33)31-25(27(34)35)16-22-17-29-24-10-6-5-9-23(22)24;/h2-14,17,19,25,29H,15-16,18H2,1H3,(H2-,30,31,33,34,35,36);1H/t19-,25-;/m0./s1. The van der Waals surface area contributed by atoms with Gasteiger partial charge in [-0.3, -0.25) is 4.79 Å². The van der Waals surface area contributed by atoms with E-state index in [4.69, 9.17) is 4.74 Å². The van der Waals surface area contributed by atoms with E-state index in [1.165, 1.54) is 0 Å². The Kier molecular flexibility index (Phi) is 9.84.